The average Bonchev–Trinajstić information content (AvgIpc) is 2.84. The molecule has 1 heterocycles. The summed E-state index contributed by atoms with van der Waals surface area (Å²) in [7, 11) is 0. The standard InChI is InChI=1S/C19H16N2/c1-14-20-18-11-4-5-12-19(18)21(14)13-16-9-6-8-15-7-2-3-10-17(15)16/h2-12H,13H2,1H3/p+1. The highest BCUT2D eigenvalue weighted by molar-refractivity contribution is 5.85. The molecule has 2 nitrogen and oxygen atoms in total. The van der Waals surface area contributed by atoms with Gasteiger partial charge in [0, 0.05) is 12.5 Å². The predicted molar refractivity (Wildman–Crippen MR) is 86.3 cm³/mol. The Labute approximate surface area is 123 Å². The topological polar surface area (TPSA) is 19.7 Å². The number of nitrogens with one attached hydrogen (secondary N) is 1. The zero-order chi connectivity index (χ0) is 14.2. The van der Waals surface area contributed by atoms with Crippen LogP contribution in [0.3, 0.4) is 0 Å². The fraction of sp³-hybridized carbons (Fsp3) is 0.105. The second-order valence-electron chi connectivity index (χ2n) is 5.45. The summed E-state index contributed by atoms with van der Waals surface area (Å²) >= 11 is 0. The molecule has 0 bridgehead atoms. The van der Waals surface area contributed by atoms with E-state index in [4.69, 9.17) is 0 Å². The Bertz CT molecular complexity index is 929. The largest absolute Gasteiger partial charge is 0.252 e. The maximum absolute atomic E-state index is 3.46. The van der Waals surface area contributed by atoms with E-state index in [-0.39, 0.29) is 0 Å². The first-order valence-electron chi connectivity index (χ1n) is 7.27. The summed E-state index contributed by atoms with van der Waals surface area (Å²) in [4.78, 5) is 3.46. The number of aromatic amines is 1. The Morgan fingerprint density at radius 3 is 2.57 bits per heavy atom. The summed E-state index contributed by atoms with van der Waals surface area (Å²) in [5, 5.41) is 2.63. The minimum absolute atomic E-state index is 0.886. The van der Waals surface area contributed by atoms with Gasteiger partial charge in [-0.25, -0.2) is 9.55 Å². The number of aryl methyl sites for hydroxylation is 1. The normalized spacial score (nSPS) is 11.3. The third-order valence-corrected chi connectivity index (χ3v) is 4.12. The monoisotopic (exact) mass is 273 g/mol. The fourth-order valence-corrected chi connectivity index (χ4v) is 3.06. The lowest BCUT2D eigenvalue weighted by Gasteiger charge is -2.05. The first kappa shape index (κ1) is 12.2. The highest BCUT2D eigenvalue weighted by Crippen LogP contribution is 2.19. The van der Waals surface area contributed by atoms with Crippen LogP contribution in [-0.4, -0.2) is 4.98 Å². The number of imidazole rings is 1. The molecule has 0 amide bonds. The average molecular weight is 273 g/mol. The lowest BCUT2D eigenvalue weighted by Crippen LogP contribution is -2.36. The molecule has 0 atom stereocenters. The number of hydrogen-bond acceptors (Lipinski definition) is 0. The van der Waals surface area contributed by atoms with Crippen molar-refractivity contribution in [2.75, 3.05) is 0 Å². The van der Waals surface area contributed by atoms with Gasteiger partial charge in [0.2, 0.25) is 0 Å². The van der Waals surface area contributed by atoms with Crippen molar-refractivity contribution in [2.24, 2.45) is 0 Å². The lowest BCUT2D eigenvalue weighted by atomic mass is 10.0. The molecule has 102 valence electrons. The molecule has 0 fully saturated rings. The van der Waals surface area contributed by atoms with E-state index in [0.29, 0.717) is 0 Å². The van der Waals surface area contributed by atoms with E-state index in [2.05, 4.69) is 83.2 Å². The molecular weight excluding hydrogens is 256 g/mol. The summed E-state index contributed by atoms with van der Waals surface area (Å²) < 4.78 is 2.34. The second kappa shape index (κ2) is 4.74. The minimum atomic E-state index is 0.886. The Hall–Kier alpha value is -2.61. The smallest absolute Gasteiger partial charge is 0.241 e. The molecule has 0 aliphatic carbocycles. The van der Waals surface area contributed by atoms with Gasteiger partial charge >= 0.3 is 0 Å². The molecule has 0 spiro atoms. The van der Waals surface area contributed by atoms with E-state index in [1.165, 1.54) is 33.2 Å². The maximum Gasteiger partial charge on any atom is 0.252 e. The van der Waals surface area contributed by atoms with Crippen LogP contribution in [0, 0.1) is 6.92 Å². The van der Waals surface area contributed by atoms with E-state index in [1.807, 2.05) is 0 Å². The van der Waals surface area contributed by atoms with Gasteiger partial charge < -0.3 is 0 Å². The molecule has 0 radical (unpaired) electrons. The first-order valence-corrected chi connectivity index (χ1v) is 7.27. The van der Waals surface area contributed by atoms with Crippen molar-refractivity contribution in [1.29, 1.82) is 0 Å². The van der Waals surface area contributed by atoms with Crippen LogP contribution in [0.4, 0.5) is 0 Å². The zero-order valence-corrected chi connectivity index (χ0v) is 12.0. The number of nitrogens with zero attached hydrogens (tertiary/aromatic N) is 1. The number of para-hydroxylation sites is 2. The fourth-order valence-electron chi connectivity index (χ4n) is 3.06. The van der Waals surface area contributed by atoms with Crippen LogP contribution in [-0.2, 0) is 6.54 Å². The molecule has 0 saturated heterocycles. The molecule has 4 rings (SSSR count). The third kappa shape index (κ3) is 2.00. The second-order valence-corrected chi connectivity index (χ2v) is 5.45. The number of hydrogen-bond donors (Lipinski definition) is 1. The zero-order valence-electron chi connectivity index (χ0n) is 12.0. The van der Waals surface area contributed by atoms with Crippen LogP contribution in [0.1, 0.15) is 11.4 Å². The van der Waals surface area contributed by atoms with Crippen LogP contribution in [0.15, 0.2) is 66.7 Å². The van der Waals surface area contributed by atoms with Crippen molar-refractivity contribution in [3.05, 3.63) is 78.1 Å². The molecule has 0 aliphatic rings. The summed E-state index contributed by atoms with van der Waals surface area (Å²) in [5.74, 6) is 1.18. The summed E-state index contributed by atoms with van der Waals surface area (Å²) in [6, 6.07) is 23.6. The summed E-state index contributed by atoms with van der Waals surface area (Å²) in [6.07, 6.45) is 0. The summed E-state index contributed by atoms with van der Waals surface area (Å²) in [6.45, 7) is 3.02. The minimum Gasteiger partial charge on any atom is -0.241 e. The Morgan fingerprint density at radius 1 is 0.857 bits per heavy atom. The van der Waals surface area contributed by atoms with E-state index >= 15 is 0 Å². The van der Waals surface area contributed by atoms with Gasteiger partial charge in [0.25, 0.3) is 5.82 Å². The molecule has 2 heteroatoms. The van der Waals surface area contributed by atoms with E-state index < -0.39 is 0 Å². The van der Waals surface area contributed by atoms with E-state index in [9.17, 15) is 0 Å². The van der Waals surface area contributed by atoms with Gasteiger partial charge in [0.1, 0.15) is 6.54 Å². The molecule has 1 aromatic heterocycles. The van der Waals surface area contributed by atoms with Crippen LogP contribution in [0.5, 0.6) is 0 Å². The van der Waals surface area contributed by atoms with Crippen LogP contribution >= 0.6 is 0 Å². The van der Waals surface area contributed by atoms with Crippen molar-refractivity contribution < 1.29 is 4.57 Å². The number of aromatic nitrogens is 2. The Balaban J connectivity index is 1.89. The molecule has 0 aliphatic heterocycles. The number of benzene rings is 3. The van der Waals surface area contributed by atoms with Crippen LogP contribution < -0.4 is 4.57 Å². The maximum atomic E-state index is 3.46. The molecular formula is C19H17N2+. The van der Waals surface area contributed by atoms with Crippen LogP contribution in [0.2, 0.25) is 0 Å². The highest BCUT2D eigenvalue weighted by Gasteiger charge is 2.15. The quantitative estimate of drug-likeness (QED) is 0.533. The lowest BCUT2D eigenvalue weighted by molar-refractivity contribution is -0.668. The number of fused-ring (bicyclic) bond motifs is 2. The van der Waals surface area contributed by atoms with Crippen molar-refractivity contribution in [3.63, 3.8) is 0 Å². The molecule has 3 aromatic carbocycles. The molecule has 0 unspecified atom stereocenters. The van der Waals surface area contributed by atoms with Gasteiger partial charge in [-0.05, 0) is 22.9 Å². The number of H-pyrrole nitrogens is 1. The van der Waals surface area contributed by atoms with Crippen molar-refractivity contribution in [2.45, 2.75) is 13.5 Å². The Kier molecular flexibility index (Phi) is 2.74. The van der Waals surface area contributed by atoms with Gasteiger partial charge in [-0.2, -0.15) is 0 Å². The number of rotatable bonds is 2. The van der Waals surface area contributed by atoms with E-state index in [1.54, 1.807) is 0 Å². The van der Waals surface area contributed by atoms with Gasteiger partial charge in [-0.1, -0.05) is 54.6 Å². The summed E-state index contributed by atoms with van der Waals surface area (Å²) in [5.41, 5.74) is 3.80. The molecule has 21 heavy (non-hydrogen) atoms. The van der Waals surface area contributed by atoms with Gasteiger partial charge in [-0.3, -0.25) is 0 Å². The molecule has 4 aromatic rings. The van der Waals surface area contributed by atoms with Crippen LogP contribution in [0.25, 0.3) is 21.8 Å². The van der Waals surface area contributed by atoms with E-state index in [0.717, 1.165) is 6.54 Å². The third-order valence-electron chi connectivity index (χ3n) is 4.12. The highest BCUT2D eigenvalue weighted by atomic mass is 15.1. The Morgan fingerprint density at radius 2 is 1.62 bits per heavy atom. The van der Waals surface area contributed by atoms with Crippen molar-refractivity contribution >= 4 is 21.8 Å². The SMILES string of the molecule is Cc1[nH]c2ccccc2[n+]1Cc1cccc2ccccc12. The van der Waals surface area contributed by atoms with Gasteiger partial charge in [0.05, 0.1) is 0 Å². The van der Waals surface area contributed by atoms with Gasteiger partial charge in [-0.15, -0.1) is 0 Å². The first-order chi connectivity index (χ1) is 10.3. The van der Waals surface area contributed by atoms with Gasteiger partial charge in [0.15, 0.2) is 11.0 Å². The van der Waals surface area contributed by atoms with Crippen molar-refractivity contribution in [3.8, 4) is 0 Å². The van der Waals surface area contributed by atoms with Crippen molar-refractivity contribution in [1.82, 2.24) is 4.98 Å². The predicted octanol–water partition coefficient (Wildman–Crippen LogP) is 3.97. The molecule has 0 saturated carbocycles. The molecule has 1 N–H and O–H groups in total.